The highest BCUT2D eigenvalue weighted by molar-refractivity contribution is 5.87. The number of Topliss-reactive ketones (excluding diaryl/α,β-unsaturated/α-hetero) is 1. The van der Waals surface area contributed by atoms with Crippen LogP contribution in [0.1, 0.15) is 98.7 Å². The Morgan fingerprint density at radius 1 is 1.08 bits per heavy atom. The van der Waals surface area contributed by atoms with Gasteiger partial charge in [-0.1, -0.05) is 61.0 Å². The number of aliphatic hydroxyl groups is 1. The summed E-state index contributed by atoms with van der Waals surface area (Å²) in [5, 5.41) is 10.9. The molecule has 1 N–H and O–H groups in total. The molecule has 5 atom stereocenters. The number of esters is 1. The number of carbonyl (C=O) groups excluding carboxylic acids is 2. The summed E-state index contributed by atoms with van der Waals surface area (Å²) in [6.07, 6.45) is 4.89. The number of ether oxygens (including phenoxy) is 1. The molecule has 3 unspecified atom stereocenters. The third kappa shape index (κ3) is 6.37. The third-order valence-corrected chi connectivity index (χ3v) is 8.91. The van der Waals surface area contributed by atoms with Crippen LogP contribution < -0.4 is 0 Å². The fourth-order valence-corrected chi connectivity index (χ4v) is 5.55. The van der Waals surface area contributed by atoms with E-state index < -0.39 is 17.4 Å². The van der Waals surface area contributed by atoms with Crippen LogP contribution in [0.15, 0.2) is 24.5 Å². The van der Waals surface area contributed by atoms with Gasteiger partial charge in [-0.3, -0.25) is 9.59 Å². The number of aliphatic hydroxyl groups excluding tert-OH is 1. The van der Waals surface area contributed by atoms with Crippen LogP contribution in [0.5, 0.6) is 0 Å². The van der Waals surface area contributed by atoms with E-state index in [1.807, 2.05) is 51.4 Å². The number of aromatic nitrogens is 2. The minimum absolute atomic E-state index is 0.00825. The molecule has 0 spiro atoms. The van der Waals surface area contributed by atoms with E-state index >= 15 is 0 Å². The summed E-state index contributed by atoms with van der Waals surface area (Å²) in [6, 6.07) is 6.09. The smallest absolute Gasteiger partial charge is 0.306 e. The number of carbonyl (C=O) groups is 2. The minimum Gasteiger partial charge on any atom is -0.457 e. The van der Waals surface area contributed by atoms with Crippen LogP contribution >= 0.6 is 0 Å². The number of aryl methyl sites for hydroxylation is 1. The van der Waals surface area contributed by atoms with Gasteiger partial charge in [-0.25, -0.2) is 4.98 Å². The molecular weight excluding hydrogens is 452 g/mol. The van der Waals surface area contributed by atoms with Crippen LogP contribution in [0.4, 0.5) is 0 Å². The molecule has 6 heteroatoms. The molecule has 2 aromatic rings. The lowest BCUT2D eigenvalue weighted by Gasteiger charge is -2.36. The van der Waals surface area contributed by atoms with Gasteiger partial charge in [-0.15, -0.1) is 0 Å². The molecule has 1 saturated heterocycles. The van der Waals surface area contributed by atoms with Gasteiger partial charge in [0.05, 0.1) is 23.5 Å². The zero-order valence-electron chi connectivity index (χ0n) is 23.5. The first-order chi connectivity index (χ1) is 16.7. The molecule has 1 aromatic heterocycles. The predicted octanol–water partition coefficient (Wildman–Crippen LogP) is 6.40. The summed E-state index contributed by atoms with van der Waals surface area (Å²) < 4.78 is 8.11. The van der Waals surface area contributed by atoms with Crippen LogP contribution in [0.25, 0.3) is 11.0 Å². The van der Waals surface area contributed by atoms with Crippen molar-refractivity contribution in [3.63, 3.8) is 0 Å². The van der Waals surface area contributed by atoms with E-state index in [0.29, 0.717) is 12.3 Å². The van der Waals surface area contributed by atoms with E-state index in [0.717, 1.165) is 42.3 Å². The molecule has 0 radical (unpaired) electrons. The van der Waals surface area contributed by atoms with Crippen molar-refractivity contribution in [3.8, 4) is 0 Å². The number of fused-ring (bicyclic) bond motifs is 1. The highest BCUT2D eigenvalue weighted by atomic mass is 16.5. The second-order valence-electron chi connectivity index (χ2n) is 12.6. The number of ketones is 1. The summed E-state index contributed by atoms with van der Waals surface area (Å²) >= 11 is 0. The molecule has 3 rings (SSSR count). The molecule has 1 fully saturated rings. The maximum Gasteiger partial charge on any atom is 0.306 e. The number of hydrogen-bond acceptors (Lipinski definition) is 5. The van der Waals surface area contributed by atoms with E-state index in [4.69, 9.17) is 4.74 Å². The summed E-state index contributed by atoms with van der Waals surface area (Å²) in [6.45, 7) is 14.4. The monoisotopic (exact) mass is 498 g/mol. The molecule has 0 amide bonds. The summed E-state index contributed by atoms with van der Waals surface area (Å²) in [5.41, 5.74) is 2.22. The lowest BCUT2D eigenvalue weighted by molar-refractivity contribution is -0.152. The lowest BCUT2D eigenvalue weighted by atomic mass is 9.71. The normalized spacial score (nSPS) is 30.8. The molecule has 200 valence electrons. The quantitative estimate of drug-likeness (QED) is 0.460. The first-order valence-corrected chi connectivity index (χ1v) is 13.6. The van der Waals surface area contributed by atoms with Crippen LogP contribution in [0, 0.1) is 28.6 Å². The Morgan fingerprint density at radius 3 is 2.47 bits per heavy atom. The zero-order chi connectivity index (χ0) is 26.8. The number of nitrogens with zero attached hydrogens (tertiary/aromatic N) is 2. The first-order valence-electron chi connectivity index (χ1n) is 13.6. The SMILES string of the molecule is CC1CC(c2ccc3ncn(C)c3c2)OC(=O)CCC(C)(C)C(=O)[C@H](C)C(O)[C@@H](C)CCCC1(C)C. The van der Waals surface area contributed by atoms with Crippen molar-refractivity contribution >= 4 is 22.8 Å². The maximum atomic E-state index is 13.3. The molecule has 1 aromatic carbocycles. The number of rotatable bonds is 1. The average Bonchev–Trinajstić information content (AvgIpc) is 3.20. The zero-order valence-corrected chi connectivity index (χ0v) is 23.5. The Labute approximate surface area is 216 Å². The van der Waals surface area contributed by atoms with Gasteiger partial charge < -0.3 is 14.4 Å². The van der Waals surface area contributed by atoms with Crippen LogP contribution in [0.3, 0.4) is 0 Å². The fourth-order valence-electron chi connectivity index (χ4n) is 5.55. The molecule has 0 saturated carbocycles. The molecule has 2 heterocycles. The van der Waals surface area contributed by atoms with Gasteiger partial charge in [0.2, 0.25) is 0 Å². The summed E-state index contributed by atoms with van der Waals surface area (Å²) in [7, 11) is 1.97. The summed E-state index contributed by atoms with van der Waals surface area (Å²) in [5.74, 6) is -0.396. The molecule has 0 bridgehead atoms. The average molecular weight is 499 g/mol. The molecule has 1 aliphatic heterocycles. The van der Waals surface area contributed by atoms with Crippen LogP contribution in [-0.2, 0) is 21.4 Å². The highest BCUT2D eigenvalue weighted by Gasteiger charge is 2.38. The predicted molar refractivity (Wildman–Crippen MR) is 143 cm³/mol. The summed E-state index contributed by atoms with van der Waals surface area (Å²) in [4.78, 5) is 30.8. The number of imidazole rings is 1. The van der Waals surface area contributed by atoms with Crippen molar-refractivity contribution in [2.45, 2.75) is 99.2 Å². The van der Waals surface area contributed by atoms with Crippen molar-refractivity contribution in [3.05, 3.63) is 30.1 Å². The number of benzene rings is 1. The molecule has 1 aliphatic rings. The standard InChI is InChI=1S/C30H46N2O4/c1-19-10-9-14-29(4,5)20(2)16-25(22-11-12-23-24(17-22)32(8)18-31-23)36-26(33)13-15-30(6,7)28(35)21(3)27(19)34/h11-12,17-21,25,27,34H,9-10,13-16H2,1-8H3/t19-,20?,21+,25?,27?/m0/s1. The number of hydrogen-bond donors (Lipinski definition) is 1. The Kier molecular flexibility index (Phi) is 8.70. The van der Waals surface area contributed by atoms with Gasteiger partial charge in [-0.2, -0.15) is 0 Å². The topological polar surface area (TPSA) is 81.4 Å². The molecule has 36 heavy (non-hydrogen) atoms. The highest BCUT2D eigenvalue weighted by Crippen LogP contribution is 2.41. The lowest BCUT2D eigenvalue weighted by Crippen LogP contribution is -2.39. The molecule has 6 nitrogen and oxygen atoms in total. The molecular formula is C30H46N2O4. The van der Waals surface area contributed by atoms with Crippen molar-refractivity contribution in [1.29, 1.82) is 0 Å². The fraction of sp³-hybridized carbons (Fsp3) is 0.700. The van der Waals surface area contributed by atoms with E-state index in [-0.39, 0.29) is 35.6 Å². The third-order valence-electron chi connectivity index (χ3n) is 8.91. The Balaban J connectivity index is 1.92. The molecule has 0 aliphatic carbocycles. The minimum atomic E-state index is -0.714. The second kappa shape index (κ2) is 11.0. The van der Waals surface area contributed by atoms with Gasteiger partial charge in [-0.05, 0) is 60.6 Å². The van der Waals surface area contributed by atoms with E-state index in [1.165, 1.54) is 0 Å². The van der Waals surface area contributed by atoms with E-state index in [1.54, 1.807) is 6.33 Å². The van der Waals surface area contributed by atoms with Gasteiger partial charge >= 0.3 is 5.97 Å². The van der Waals surface area contributed by atoms with Gasteiger partial charge in [0.25, 0.3) is 0 Å². The second-order valence-corrected chi connectivity index (χ2v) is 12.6. The van der Waals surface area contributed by atoms with Gasteiger partial charge in [0, 0.05) is 24.8 Å². The Hall–Kier alpha value is -2.21. The maximum absolute atomic E-state index is 13.3. The van der Waals surface area contributed by atoms with Crippen molar-refractivity contribution in [1.82, 2.24) is 9.55 Å². The van der Waals surface area contributed by atoms with E-state index in [9.17, 15) is 14.7 Å². The Bertz CT molecular complexity index is 1070. The Morgan fingerprint density at radius 2 is 1.78 bits per heavy atom. The van der Waals surface area contributed by atoms with E-state index in [2.05, 4.69) is 31.8 Å². The largest absolute Gasteiger partial charge is 0.457 e. The van der Waals surface area contributed by atoms with Crippen molar-refractivity contribution in [2.24, 2.45) is 35.6 Å². The number of cyclic esters (lactones) is 1. The van der Waals surface area contributed by atoms with Crippen molar-refractivity contribution in [2.75, 3.05) is 0 Å². The van der Waals surface area contributed by atoms with Crippen LogP contribution in [0.2, 0.25) is 0 Å². The van der Waals surface area contributed by atoms with Crippen molar-refractivity contribution < 1.29 is 19.4 Å². The van der Waals surface area contributed by atoms with Crippen LogP contribution in [-0.4, -0.2) is 32.5 Å². The first kappa shape index (κ1) is 28.4. The van der Waals surface area contributed by atoms with Gasteiger partial charge in [0.1, 0.15) is 11.9 Å². The van der Waals surface area contributed by atoms with Gasteiger partial charge in [0.15, 0.2) is 0 Å².